The van der Waals surface area contributed by atoms with Gasteiger partial charge in [0.25, 0.3) is 0 Å². The summed E-state index contributed by atoms with van der Waals surface area (Å²) >= 11 is 6.27. The quantitative estimate of drug-likeness (QED) is 0.830. The van der Waals surface area contributed by atoms with Crippen LogP contribution in [0, 0.1) is 0 Å². The number of hydrogen-bond donors (Lipinski definition) is 1. The fraction of sp³-hybridized carbons (Fsp3) is 0.571. The Morgan fingerprint density at radius 2 is 2.06 bits per heavy atom. The van der Waals surface area contributed by atoms with Crippen LogP contribution in [0.25, 0.3) is 0 Å². The van der Waals surface area contributed by atoms with Crippen LogP contribution < -0.4 is 4.90 Å². The van der Waals surface area contributed by atoms with Crippen molar-refractivity contribution in [1.29, 1.82) is 0 Å². The molecule has 0 amide bonds. The number of benzene rings is 1. The van der Waals surface area contributed by atoms with Gasteiger partial charge in [-0.1, -0.05) is 31.0 Å². The minimum absolute atomic E-state index is 0.465. The molecule has 3 heteroatoms. The molecule has 1 aromatic carbocycles. The predicted molar refractivity (Wildman–Crippen MR) is 74.9 cm³/mol. The van der Waals surface area contributed by atoms with Crippen LogP contribution in [0.5, 0.6) is 0 Å². The Morgan fingerprint density at radius 1 is 1.35 bits per heavy atom. The Balaban J connectivity index is 2.88. The van der Waals surface area contributed by atoms with Gasteiger partial charge in [0.05, 0.1) is 16.8 Å². The molecule has 1 rings (SSSR count). The lowest BCUT2D eigenvalue weighted by molar-refractivity contribution is 0.199. The van der Waals surface area contributed by atoms with Crippen molar-refractivity contribution >= 4 is 17.3 Å². The number of nitrogens with zero attached hydrogens (tertiary/aromatic N) is 1. The van der Waals surface area contributed by atoms with Gasteiger partial charge in [0.1, 0.15) is 0 Å². The third kappa shape index (κ3) is 3.90. The van der Waals surface area contributed by atoms with E-state index in [4.69, 9.17) is 11.6 Å². The Kier molecular flexibility index (Phi) is 5.79. The minimum atomic E-state index is -0.465. The lowest BCUT2D eigenvalue weighted by Gasteiger charge is -2.24. The molecular weight excluding hydrogens is 234 g/mol. The summed E-state index contributed by atoms with van der Waals surface area (Å²) in [7, 11) is 0. The highest BCUT2D eigenvalue weighted by Gasteiger charge is 2.10. The van der Waals surface area contributed by atoms with E-state index in [1.54, 1.807) is 6.92 Å². The van der Waals surface area contributed by atoms with Crippen LogP contribution in [0.3, 0.4) is 0 Å². The average Bonchev–Trinajstić information content (AvgIpc) is 2.31. The Bertz CT molecular complexity index is 352. The first kappa shape index (κ1) is 14.3. The molecule has 0 saturated carbocycles. The summed E-state index contributed by atoms with van der Waals surface area (Å²) in [6, 6.07) is 5.81. The molecule has 0 aliphatic rings. The van der Waals surface area contributed by atoms with Crippen molar-refractivity contribution in [2.24, 2.45) is 0 Å². The monoisotopic (exact) mass is 255 g/mol. The molecule has 1 atom stereocenters. The van der Waals surface area contributed by atoms with Crippen molar-refractivity contribution in [3.05, 3.63) is 28.8 Å². The maximum Gasteiger partial charge on any atom is 0.0762 e. The van der Waals surface area contributed by atoms with Gasteiger partial charge in [0.2, 0.25) is 0 Å². The highest BCUT2D eigenvalue weighted by Crippen LogP contribution is 2.29. The van der Waals surface area contributed by atoms with Gasteiger partial charge in [-0.15, -0.1) is 0 Å². The van der Waals surface area contributed by atoms with Crippen molar-refractivity contribution in [2.45, 2.75) is 39.7 Å². The van der Waals surface area contributed by atoms with Gasteiger partial charge in [0.15, 0.2) is 0 Å². The summed E-state index contributed by atoms with van der Waals surface area (Å²) in [4.78, 5) is 2.28. The van der Waals surface area contributed by atoms with Crippen LogP contribution in [0.1, 0.15) is 45.3 Å². The molecule has 0 fully saturated rings. The molecule has 96 valence electrons. The number of halogens is 1. The summed E-state index contributed by atoms with van der Waals surface area (Å²) < 4.78 is 0. The largest absolute Gasteiger partial charge is 0.389 e. The zero-order valence-electron chi connectivity index (χ0n) is 10.9. The molecule has 0 aliphatic heterocycles. The van der Waals surface area contributed by atoms with Crippen molar-refractivity contribution in [3.63, 3.8) is 0 Å². The van der Waals surface area contributed by atoms with Crippen LogP contribution in [-0.4, -0.2) is 18.2 Å². The van der Waals surface area contributed by atoms with Gasteiger partial charge in [-0.25, -0.2) is 0 Å². The fourth-order valence-corrected chi connectivity index (χ4v) is 2.15. The van der Waals surface area contributed by atoms with Crippen molar-refractivity contribution in [2.75, 3.05) is 18.0 Å². The second-order valence-electron chi connectivity index (χ2n) is 4.32. The molecule has 1 aromatic rings. The van der Waals surface area contributed by atoms with Gasteiger partial charge in [-0.3, -0.25) is 0 Å². The van der Waals surface area contributed by atoms with E-state index in [0.29, 0.717) is 0 Å². The first-order valence-corrected chi connectivity index (χ1v) is 6.70. The molecule has 1 N–H and O–H groups in total. The smallest absolute Gasteiger partial charge is 0.0762 e. The van der Waals surface area contributed by atoms with Crippen molar-refractivity contribution in [1.82, 2.24) is 0 Å². The molecule has 0 spiro atoms. The minimum Gasteiger partial charge on any atom is -0.389 e. The first-order chi connectivity index (χ1) is 8.10. The highest BCUT2D eigenvalue weighted by molar-refractivity contribution is 6.33. The Morgan fingerprint density at radius 3 is 2.53 bits per heavy atom. The first-order valence-electron chi connectivity index (χ1n) is 6.32. The molecule has 0 radical (unpaired) electrons. The SMILES string of the molecule is CCCCN(CC)c1ccc(C(C)O)cc1Cl. The summed E-state index contributed by atoms with van der Waals surface area (Å²) in [5.41, 5.74) is 1.93. The van der Waals surface area contributed by atoms with E-state index in [0.717, 1.165) is 29.4 Å². The zero-order valence-corrected chi connectivity index (χ0v) is 11.7. The molecule has 0 saturated heterocycles. The maximum absolute atomic E-state index is 9.50. The van der Waals surface area contributed by atoms with Crippen LogP contribution in [0.4, 0.5) is 5.69 Å². The highest BCUT2D eigenvalue weighted by atomic mass is 35.5. The second-order valence-corrected chi connectivity index (χ2v) is 4.73. The molecule has 2 nitrogen and oxygen atoms in total. The molecule has 0 bridgehead atoms. The molecule has 0 heterocycles. The summed E-state index contributed by atoms with van der Waals surface area (Å²) in [5, 5.41) is 10.2. The van der Waals surface area contributed by atoms with E-state index >= 15 is 0 Å². The van der Waals surface area contributed by atoms with Crippen LogP contribution in [0.2, 0.25) is 5.02 Å². The topological polar surface area (TPSA) is 23.5 Å². The predicted octanol–water partition coefficient (Wildman–Crippen LogP) is 4.02. The fourth-order valence-electron chi connectivity index (χ4n) is 1.84. The van der Waals surface area contributed by atoms with Crippen LogP contribution in [-0.2, 0) is 0 Å². The number of hydrogen-bond acceptors (Lipinski definition) is 2. The van der Waals surface area contributed by atoms with Crippen LogP contribution in [0.15, 0.2) is 18.2 Å². The van der Waals surface area contributed by atoms with Crippen molar-refractivity contribution in [3.8, 4) is 0 Å². The number of unbranched alkanes of at least 4 members (excludes halogenated alkanes) is 1. The maximum atomic E-state index is 9.50. The third-order valence-corrected chi connectivity index (χ3v) is 3.26. The third-order valence-electron chi connectivity index (χ3n) is 2.96. The van der Waals surface area contributed by atoms with Crippen molar-refractivity contribution < 1.29 is 5.11 Å². The van der Waals surface area contributed by atoms with E-state index in [2.05, 4.69) is 18.7 Å². The van der Waals surface area contributed by atoms with Gasteiger partial charge in [0, 0.05) is 13.1 Å². The Labute approximate surface area is 109 Å². The number of anilines is 1. The van der Waals surface area contributed by atoms with E-state index in [1.807, 2.05) is 18.2 Å². The average molecular weight is 256 g/mol. The number of aliphatic hydroxyl groups is 1. The van der Waals surface area contributed by atoms with E-state index in [-0.39, 0.29) is 0 Å². The Hall–Kier alpha value is -0.730. The van der Waals surface area contributed by atoms with Gasteiger partial charge in [-0.2, -0.15) is 0 Å². The van der Waals surface area contributed by atoms with Gasteiger partial charge in [-0.05, 0) is 38.0 Å². The number of rotatable bonds is 6. The summed E-state index contributed by atoms with van der Waals surface area (Å²) in [6.45, 7) is 8.05. The molecule has 17 heavy (non-hydrogen) atoms. The summed E-state index contributed by atoms with van der Waals surface area (Å²) in [6.07, 6.45) is 1.88. The van der Waals surface area contributed by atoms with E-state index < -0.39 is 6.10 Å². The molecule has 0 aromatic heterocycles. The molecular formula is C14H22ClNO. The van der Waals surface area contributed by atoms with E-state index in [1.165, 1.54) is 12.8 Å². The second kappa shape index (κ2) is 6.87. The normalized spacial score (nSPS) is 12.5. The standard InChI is InChI=1S/C14H22ClNO/c1-4-6-9-16(5-2)14-8-7-12(11(3)17)10-13(14)15/h7-8,10-11,17H,4-6,9H2,1-3H3. The van der Waals surface area contributed by atoms with Gasteiger partial charge < -0.3 is 10.0 Å². The zero-order chi connectivity index (χ0) is 12.8. The molecule has 1 unspecified atom stereocenters. The van der Waals surface area contributed by atoms with Gasteiger partial charge >= 0.3 is 0 Å². The number of aliphatic hydroxyl groups excluding tert-OH is 1. The summed E-state index contributed by atoms with van der Waals surface area (Å²) in [5.74, 6) is 0. The van der Waals surface area contributed by atoms with E-state index in [9.17, 15) is 5.11 Å². The molecule has 0 aliphatic carbocycles. The van der Waals surface area contributed by atoms with Crippen LogP contribution >= 0.6 is 11.6 Å². The lowest BCUT2D eigenvalue weighted by atomic mass is 10.1. The lowest BCUT2D eigenvalue weighted by Crippen LogP contribution is -2.24.